The van der Waals surface area contributed by atoms with Gasteiger partial charge in [-0.05, 0) is 25.0 Å². The monoisotopic (exact) mass is 370 g/mol. The first-order chi connectivity index (χ1) is 10.3. The fourth-order valence-electron chi connectivity index (χ4n) is 2.28. The van der Waals surface area contributed by atoms with E-state index < -0.39 is 38.1 Å². The molecule has 0 radical (unpaired) electrons. The Hall–Kier alpha value is -1.29. The second-order valence-electron chi connectivity index (χ2n) is 4.97. The lowest BCUT2D eigenvalue weighted by Crippen LogP contribution is -2.43. The molecule has 0 aliphatic carbocycles. The molecule has 1 heterocycles. The molecule has 10 heteroatoms. The number of sulfonamides is 1. The van der Waals surface area contributed by atoms with Crippen molar-refractivity contribution in [3.8, 4) is 0 Å². The summed E-state index contributed by atoms with van der Waals surface area (Å²) >= 11 is 0. The van der Waals surface area contributed by atoms with Crippen LogP contribution in [-0.4, -0.2) is 44.9 Å². The van der Waals surface area contributed by atoms with Crippen LogP contribution in [0.4, 0.5) is 8.78 Å². The Bertz CT molecular complexity index is 691. The number of hydrogen-bond acceptors (Lipinski definition) is 5. The molecule has 6 nitrogen and oxygen atoms in total. The Morgan fingerprint density at radius 1 is 1.30 bits per heavy atom. The highest BCUT2D eigenvalue weighted by atomic mass is 35.5. The van der Waals surface area contributed by atoms with Gasteiger partial charge < -0.3 is 10.5 Å². The van der Waals surface area contributed by atoms with E-state index in [0.717, 1.165) is 23.5 Å². The van der Waals surface area contributed by atoms with Crippen LogP contribution in [0.1, 0.15) is 23.2 Å². The standard InChI is InChI=1S/C13H16F2N2O4S.ClH/c1-21-13(18)11-9(14)2-3-10(12(11)15)22(19,20)17-6-4-8(16)5-7-17;/h2-3,8H,4-7,16H2,1H3;1H. The molecule has 0 atom stereocenters. The summed E-state index contributed by atoms with van der Waals surface area (Å²) in [6, 6.07) is 1.44. The summed E-state index contributed by atoms with van der Waals surface area (Å²) in [6.07, 6.45) is 0.901. The maximum Gasteiger partial charge on any atom is 0.343 e. The molecule has 1 fully saturated rings. The molecule has 0 amide bonds. The van der Waals surface area contributed by atoms with Crippen molar-refractivity contribution in [2.24, 2.45) is 5.73 Å². The molecule has 0 saturated carbocycles. The molecule has 1 saturated heterocycles. The van der Waals surface area contributed by atoms with Crippen molar-refractivity contribution < 1.29 is 26.7 Å². The molecule has 2 rings (SSSR count). The van der Waals surface area contributed by atoms with E-state index in [1.165, 1.54) is 0 Å². The van der Waals surface area contributed by atoms with Crippen LogP contribution < -0.4 is 5.73 Å². The maximum absolute atomic E-state index is 14.3. The van der Waals surface area contributed by atoms with Gasteiger partial charge in [0, 0.05) is 19.1 Å². The van der Waals surface area contributed by atoms with Gasteiger partial charge in [0.1, 0.15) is 16.3 Å². The minimum Gasteiger partial charge on any atom is -0.465 e. The van der Waals surface area contributed by atoms with Crippen molar-refractivity contribution in [2.75, 3.05) is 20.2 Å². The Morgan fingerprint density at radius 2 is 1.87 bits per heavy atom. The molecule has 130 valence electrons. The van der Waals surface area contributed by atoms with E-state index in [1.807, 2.05) is 0 Å². The number of nitrogens with two attached hydrogens (primary N) is 1. The molecule has 23 heavy (non-hydrogen) atoms. The quantitative estimate of drug-likeness (QED) is 0.810. The zero-order valence-corrected chi connectivity index (χ0v) is 13.9. The fraction of sp³-hybridized carbons (Fsp3) is 0.462. The molecule has 1 aromatic rings. The van der Waals surface area contributed by atoms with E-state index in [4.69, 9.17) is 5.73 Å². The zero-order valence-electron chi connectivity index (χ0n) is 12.3. The number of hydrogen-bond donors (Lipinski definition) is 1. The van der Waals surface area contributed by atoms with E-state index in [2.05, 4.69) is 4.74 Å². The first kappa shape index (κ1) is 19.8. The summed E-state index contributed by atoms with van der Waals surface area (Å²) in [5, 5.41) is 0. The second kappa shape index (κ2) is 7.52. The minimum atomic E-state index is -4.17. The molecule has 1 aromatic carbocycles. The number of nitrogens with zero attached hydrogens (tertiary/aromatic N) is 1. The van der Waals surface area contributed by atoms with Crippen LogP contribution in [0.3, 0.4) is 0 Å². The highest BCUT2D eigenvalue weighted by molar-refractivity contribution is 7.89. The normalized spacial score (nSPS) is 16.7. The van der Waals surface area contributed by atoms with Crippen molar-refractivity contribution in [2.45, 2.75) is 23.8 Å². The van der Waals surface area contributed by atoms with Crippen LogP contribution in [0.5, 0.6) is 0 Å². The van der Waals surface area contributed by atoms with E-state index in [1.54, 1.807) is 0 Å². The SMILES string of the molecule is COC(=O)c1c(F)ccc(S(=O)(=O)N2CCC(N)CC2)c1F.Cl. The Balaban J connectivity index is 0.00000264. The summed E-state index contributed by atoms with van der Waals surface area (Å²) in [5.41, 5.74) is 4.69. The van der Waals surface area contributed by atoms with Crippen LogP contribution in [-0.2, 0) is 14.8 Å². The largest absolute Gasteiger partial charge is 0.465 e. The van der Waals surface area contributed by atoms with Crippen molar-refractivity contribution in [1.82, 2.24) is 4.31 Å². The van der Waals surface area contributed by atoms with E-state index in [0.29, 0.717) is 12.8 Å². The second-order valence-corrected chi connectivity index (χ2v) is 6.87. The van der Waals surface area contributed by atoms with Crippen molar-refractivity contribution in [1.29, 1.82) is 0 Å². The van der Waals surface area contributed by atoms with Gasteiger partial charge in [-0.1, -0.05) is 0 Å². The van der Waals surface area contributed by atoms with Crippen molar-refractivity contribution >= 4 is 28.4 Å². The Morgan fingerprint density at radius 3 is 2.39 bits per heavy atom. The highest BCUT2D eigenvalue weighted by Crippen LogP contribution is 2.26. The average molecular weight is 371 g/mol. The van der Waals surface area contributed by atoms with Gasteiger partial charge in [0.25, 0.3) is 0 Å². The average Bonchev–Trinajstić information content (AvgIpc) is 2.47. The third kappa shape index (κ3) is 3.79. The third-order valence-electron chi connectivity index (χ3n) is 3.56. The number of benzene rings is 1. The molecule has 0 unspecified atom stereocenters. The number of ether oxygens (including phenoxy) is 1. The van der Waals surface area contributed by atoms with Gasteiger partial charge in [-0.15, -0.1) is 12.4 Å². The topological polar surface area (TPSA) is 89.7 Å². The molecular formula is C13H17ClF2N2O4S. The number of piperidine rings is 1. The van der Waals surface area contributed by atoms with E-state index in [-0.39, 0.29) is 31.5 Å². The van der Waals surface area contributed by atoms with Gasteiger partial charge in [-0.2, -0.15) is 4.31 Å². The summed E-state index contributed by atoms with van der Waals surface area (Å²) in [6.45, 7) is 0.293. The van der Waals surface area contributed by atoms with E-state index in [9.17, 15) is 22.0 Å². The van der Waals surface area contributed by atoms with Crippen LogP contribution in [0.25, 0.3) is 0 Å². The summed E-state index contributed by atoms with van der Waals surface area (Å²) in [7, 11) is -3.22. The third-order valence-corrected chi connectivity index (χ3v) is 5.48. The van der Waals surface area contributed by atoms with Crippen molar-refractivity contribution in [3.63, 3.8) is 0 Å². The van der Waals surface area contributed by atoms with Crippen molar-refractivity contribution in [3.05, 3.63) is 29.3 Å². The number of halogens is 3. The van der Waals surface area contributed by atoms with Crippen LogP contribution in [0, 0.1) is 11.6 Å². The lowest BCUT2D eigenvalue weighted by atomic mass is 10.1. The first-order valence-electron chi connectivity index (χ1n) is 6.61. The molecule has 0 bridgehead atoms. The van der Waals surface area contributed by atoms with Crippen LogP contribution in [0.15, 0.2) is 17.0 Å². The predicted octanol–water partition coefficient (Wildman–Crippen LogP) is 1.28. The van der Waals surface area contributed by atoms with Gasteiger partial charge in [-0.3, -0.25) is 0 Å². The predicted molar refractivity (Wildman–Crippen MR) is 80.9 cm³/mol. The summed E-state index contributed by atoms with van der Waals surface area (Å²) in [5.74, 6) is -3.89. The van der Waals surface area contributed by atoms with Gasteiger partial charge in [0.15, 0.2) is 5.82 Å². The van der Waals surface area contributed by atoms with Crippen LogP contribution >= 0.6 is 12.4 Å². The summed E-state index contributed by atoms with van der Waals surface area (Å²) < 4.78 is 58.2. The lowest BCUT2D eigenvalue weighted by Gasteiger charge is -2.29. The first-order valence-corrected chi connectivity index (χ1v) is 8.05. The van der Waals surface area contributed by atoms with Gasteiger partial charge in [-0.25, -0.2) is 22.0 Å². The molecule has 0 aromatic heterocycles. The minimum absolute atomic E-state index is 0. The maximum atomic E-state index is 14.3. The lowest BCUT2D eigenvalue weighted by molar-refractivity contribution is 0.0589. The number of rotatable bonds is 3. The number of carbonyl (C=O) groups is 1. The van der Waals surface area contributed by atoms with Gasteiger partial charge >= 0.3 is 5.97 Å². The number of esters is 1. The highest BCUT2D eigenvalue weighted by Gasteiger charge is 2.33. The zero-order chi connectivity index (χ0) is 16.5. The molecule has 2 N–H and O–H groups in total. The fourth-order valence-corrected chi connectivity index (χ4v) is 3.82. The Kier molecular flexibility index (Phi) is 6.46. The molecule has 1 aliphatic rings. The van der Waals surface area contributed by atoms with Gasteiger partial charge in [0.05, 0.1) is 7.11 Å². The summed E-state index contributed by atoms with van der Waals surface area (Å²) in [4.78, 5) is 10.7. The molecular weight excluding hydrogens is 354 g/mol. The van der Waals surface area contributed by atoms with Crippen LogP contribution in [0.2, 0.25) is 0 Å². The molecule has 1 aliphatic heterocycles. The number of methoxy groups -OCH3 is 1. The number of carbonyl (C=O) groups excluding carboxylic acids is 1. The van der Waals surface area contributed by atoms with Gasteiger partial charge in [0.2, 0.25) is 10.0 Å². The Labute approximate surface area is 139 Å². The van der Waals surface area contributed by atoms with E-state index >= 15 is 0 Å². The molecule has 0 spiro atoms. The smallest absolute Gasteiger partial charge is 0.343 e.